The van der Waals surface area contributed by atoms with E-state index >= 15 is 0 Å². The molecule has 2 aromatic rings. The van der Waals surface area contributed by atoms with Crippen molar-refractivity contribution < 1.29 is 14.0 Å². The standard InChI is InChI=1S/C25H33N3O3/c1-18-12-14-19(15-13-18)25(30)28(21-10-6-3-7-11-21)16-23-27-22(17-31-23)24(29)26-20-8-4-2-5-9-20/h12-15,17,20-21H,2-11,16H2,1H3,(H,26,29). The molecule has 6 heteroatoms. The van der Waals surface area contributed by atoms with Gasteiger partial charge in [0, 0.05) is 17.6 Å². The smallest absolute Gasteiger partial charge is 0.273 e. The number of nitrogens with zero attached hydrogens (tertiary/aromatic N) is 2. The molecule has 0 spiro atoms. The molecule has 0 aliphatic heterocycles. The van der Waals surface area contributed by atoms with Crippen molar-refractivity contribution in [2.24, 2.45) is 0 Å². The third-order valence-electron chi connectivity index (χ3n) is 6.61. The summed E-state index contributed by atoms with van der Waals surface area (Å²) in [6.07, 6.45) is 12.5. The lowest BCUT2D eigenvalue weighted by Gasteiger charge is -2.33. The average molecular weight is 424 g/mol. The average Bonchev–Trinajstić information content (AvgIpc) is 3.28. The van der Waals surface area contributed by atoms with Crippen LogP contribution in [-0.2, 0) is 6.54 Å². The third kappa shape index (κ3) is 5.54. The van der Waals surface area contributed by atoms with E-state index in [1.807, 2.05) is 36.1 Å². The van der Waals surface area contributed by atoms with Gasteiger partial charge in [0.05, 0.1) is 6.54 Å². The number of nitrogens with one attached hydrogen (secondary N) is 1. The highest BCUT2D eigenvalue weighted by molar-refractivity contribution is 5.94. The summed E-state index contributed by atoms with van der Waals surface area (Å²) < 4.78 is 5.64. The van der Waals surface area contributed by atoms with Crippen molar-refractivity contribution in [2.45, 2.75) is 89.8 Å². The van der Waals surface area contributed by atoms with Crippen molar-refractivity contribution in [3.8, 4) is 0 Å². The fraction of sp³-hybridized carbons (Fsp3) is 0.560. The van der Waals surface area contributed by atoms with Crippen molar-refractivity contribution >= 4 is 11.8 Å². The molecule has 31 heavy (non-hydrogen) atoms. The first-order chi connectivity index (χ1) is 15.1. The molecule has 0 unspecified atom stereocenters. The summed E-state index contributed by atoms with van der Waals surface area (Å²) >= 11 is 0. The Kier molecular flexibility index (Phi) is 7.05. The molecule has 1 aromatic heterocycles. The maximum absolute atomic E-state index is 13.3. The summed E-state index contributed by atoms with van der Waals surface area (Å²) in [5.74, 6) is 0.231. The van der Waals surface area contributed by atoms with E-state index < -0.39 is 0 Å². The lowest BCUT2D eigenvalue weighted by molar-refractivity contribution is 0.0592. The predicted octanol–water partition coefficient (Wildman–Crippen LogP) is 5.02. The van der Waals surface area contributed by atoms with Gasteiger partial charge in [0.1, 0.15) is 6.26 Å². The molecular formula is C25H33N3O3. The van der Waals surface area contributed by atoms with E-state index in [1.165, 1.54) is 19.1 Å². The molecular weight excluding hydrogens is 390 g/mol. The largest absolute Gasteiger partial charge is 0.446 e. The van der Waals surface area contributed by atoms with Crippen LogP contribution in [-0.4, -0.2) is 33.8 Å². The molecule has 0 atom stereocenters. The second-order valence-electron chi connectivity index (χ2n) is 9.03. The lowest BCUT2D eigenvalue weighted by atomic mass is 9.93. The summed E-state index contributed by atoms with van der Waals surface area (Å²) in [5, 5.41) is 3.08. The minimum Gasteiger partial charge on any atom is -0.446 e. The van der Waals surface area contributed by atoms with Gasteiger partial charge in [0.15, 0.2) is 5.69 Å². The number of hydrogen-bond donors (Lipinski definition) is 1. The van der Waals surface area contributed by atoms with Crippen LogP contribution in [0.3, 0.4) is 0 Å². The molecule has 2 aliphatic rings. The Morgan fingerprint density at radius 1 is 1.00 bits per heavy atom. The number of oxazole rings is 1. The Hall–Kier alpha value is -2.63. The minimum absolute atomic E-state index is 0.00157. The zero-order valence-corrected chi connectivity index (χ0v) is 18.4. The Bertz CT molecular complexity index is 878. The molecule has 1 heterocycles. The van der Waals surface area contributed by atoms with Crippen LogP contribution < -0.4 is 5.32 Å². The predicted molar refractivity (Wildman–Crippen MR) is 119 cm³/mol. The van der Waals surface area contributed by atoms with Gasteiger partial charge in [-0.05, 0) is 44.7 Å². The zero-order chi connectivity index (χ0) is 21.6. The number of carbonyl (C=O) groups excluding carboxylic acids is 2. The van der Waals surface area contributed by atoms with Gasteiger partial charge in [-0.15, -0.1) is 0 Å². The fourth-order valence-electron chi connectivity index (χ4n) is 4.76. The Labute approximate surface area is 184 Å². The maximum atomic E-state index is 13.3. The van der Waals surface area contributed by atoms with Crippen LogP contribution >= 0.6 is 0 Å². The summed E-state index contributed by atoms with van der Waals surface area (Å²) in [4.78, 5) is 32.2. The van der Waals surface area contributed by atoms with Crippen molar-refractivity contribution in [3.63, 3.8) is 0 Å². The third-order valence-corrected chi connectivity index (χ3v) is 6.61. The Morgan fingerprint density at radius 2 is 1.65 bits per heavy atom. The first kappa shape index (κ1) is 21.6. The van der Waals surface area contributed by atoms with Crippen LogP contribution in [0.15, 0.2) is 34.9 Å². The molecule has 1 N–H and O–H groups in total. The van der Waals surface area contributed by atoms with E-state index in [9.17, 15) is 9.59 Å². The summed E-state index contributed by atoms with van der Waals surface area (Å²) in [6, 6.07) is 8.09. The van der Waals surface area contributed by atoms with E-state index in [2.05, 4.69) is 10.3 Å². The molecule has 0 bridgehead atoms. The van der Waals surface area contributed by atoms with Gasteiger partial charge in [0.2, 0.25) is 5.89 Å². The highest BCUT2D eigenvalue weighted by Crippen LogP contribution is 2.26. The van der Waals surface area contributed by atoms with Crippen LogP contribution in [0.5, 0.6) is 0 Å². The van der Waals surface area contributed by atoms with Crippen molar-refractivity contribution in [1.82, 2.24) is 15.2 Å². The van der Waals surface area contributed by atoms with Crippen LogP contribution in [0.25, 0.3) is 0 Å². The SMILES string of the molecule is Cc1ccc(C(=O)N(Cc2nc(C(=O)NC3CCCCC3)co2)C2CCCCC2)cc1. The molecule has 0 radical (unpaired) electrons. The van der Waals surface area contributed by atoms with E-state index in [0.29, 0.717) is 17.1 Å². The van der Waals surface area contributed by atoms with E-state index in [0.717, 1.165) is 56.9 Å². The van der Waals surface area contributed by atoms with E-state index in [1.54, 1.807) is 0 Å². The van der Waals surface area contributed by atoms with Crippen LogP contribution in [0.2, 0.25) is 0 Å². The number of aryl methyl sites for hydroxylation is 1. The quantitative estimate of drug-likeness (QED) is 0.708. The van der Waals surface area contributed by atoms with Gasteiger partial charge in [-0.25, -0.2) is 4.98 Å². The highest BCUT2D eigenvalue weighted by atomic mass is 16.3. The van der Waals surface area contributed by atoms with Gasteiger partial charge in [0.25, 0.3) is 11.8 Å². The fourth-order valence-corrected chi connectivity index (χ4v) is 4.76. The van der Waals surface area contributed by atoms with Gasteiger partial charge in [-0.1, -0.05) is 56.2 Å². The Morgan fingerprint density at radius 3 is 2.32 bits per heavy atom. The van der Waals surface area contributed by atoms with Crippen molar-refractivity contribution in [2.75, 3.05) is 0 Å². The summed E-state index contributed by atoms with van der Waals surface area (Å²) in [6.45, 7) is 2.30. The molecule has 2 fully saturated rings. The van der Waals surface area contributed by atoms with Crippen molar-refractivity contribution in [3.05, 3.63) is 53.2 Å². The first-order valence-electron chi connectivity index (χ1n) is 11.7. The van der Waals surface area contributed by atoms with Crippen LogP contribution in [0.4, 0.5) is 0 Å². The monoisotopic (exact) mass is 423 g/mol. The molecule has 6 nitrogen and oxygen atoms in total. The molecule has 166 valence electrons. The summed E-state index contributed by atoms with van der Waals surface area (Å²) in [5.41, 5.74) is 2.10. The molecule has 2 aliphatic carbocycles. The first-order valence-corrected chi connectivity index (χ1v) is 11.7. The number of aromatic nitrogens is 1. The molecule has 2 amide bonds. The molecule has 0 saturated heterocycles. The number of amides is 2. The van der Waals surface area contributed by atoms with Crippen molar-refractivity contribution in [1.29, 1.82) is 0 Å². The molecule has 1 aromatic carbocycles. The number of hydrogen-bond acceptors (Lipinski definition) is 4. The van der Waals surface area contributed by atoms with Crippen LogP contribution in [0.1, 0.15) is 96.5 Å². The van der Waals surface area contributed by atoms with Gasteiger partial charge in [-0.2, -0.15) is 0 Å². The minimum atomic E-state index is -0.184. The van der Waals surface area contributed by atoms with Gasteiger partial charge >= 0.3 is 0 Å². The van der Waals surface area contributed by atoms with E-state index in [4.69, 9.17) is 4.42 Å². The Balaban J connectivity index is 1.47. The maximum Gasteiger partial charge on any atom is 0.273 e. The second kappa shape index (κ2) is 10.1. The highest BCUT2D eigenvalue weighted by Gasteiger charge is 2.28. The second-order valence-corrected chi connectivity index (χ2v) is 9.03. The van der Waals surface area contributed by atoms with Crippen LogP contribution in [0, 0.1) is 6.92 Å². The molecule has 2 saturated carbocycles. The normalized spacial score (nSPS) is 18.0. The number of rotatable bonds is 6. The lowest BCUT2D eigenvalue weighted by Crippen LogP contribution is -2.41. The molecule has 4 rings (SSSR count). The van der Waals surface area contributed by atoms with E-state index in [-0.39, 0.29) is 30.4 Å². The number of carbonyl (C=O) groups is 2. The number of benzene rings is 1. The summed E-state index contributed by atoms with van der Waals surface area (Å²) in [7, 11) is 0. The van der Waals surface area contributed by atoms with Gasteiger partial charge < -0.3 is 14.6 Å². The zero-order valence-electron chi connectivity index (χ0n) is 18.4. The topological polar surface area (TPSA) is 75.4 Å². The van der Waals surface area contributed by atoms with Gasteiger partial charge in [-0.3, -0.25) is 9.59 Å².